The molecule has 4 saturated carbocycles. The van der Waals surface area contributed by atoms with Crippen molar-refractivity contribution in [3.8, 4) is 0 Å². The van der Waals surface area contributed by atoms with Crippen molar-refractivity contribution < 1.29 is 4.79 Å². The van der Waals surface area contributed by atoms with E-state index in [0.29, 0.717) is 11.2 Å². The van der Waals surface area contributed by atoms with Crippen LogP contribution in [0.3, 0.4) is 0 Å². The van der Waals surface area contributed by atoms with Crippen LogP contribution in [-0.2, 0) is 4.79 Å². The molecule has 0 unspecified atom stereocenters. The molecule has 0 aromatic heterocycles. The van der Waals surface area contributed by atoms with E-state index in [9.17, 15) is 4.79 Å². The second-order valence-corrected chi connectivity index (χ2v) is 8.83. The van der Waals surface area contributed by atoms with Crippen LogP contribution in [0.2, 0.25) is 0 Å². The first-order valence-electron chi connectivity index (χ1n) is 9.09. The van der Waals surface area contributed by atoms with E-state index in [1.807, 2.05) is 0 Å². The van der Waals surface area contributed by atoms with Crippen LogP contribution < -0.4 is 0 Å². The first-order chi connectivity index (χ1) is 9.56. The molecular formula is C19H30O. The largest absolute Gasteiger partial charge is 0.299 e. The molecule has 0 heterocycles. The van der Waals surface area contributed by atoms with Crippen LogP contribution in [0.1, 0.15) is 78.1 Å². The van der Waals surface area contributed by atoms with Gasteiger partial charge in [-0.2, -0.15) is 0 Å². The van der Waals surface area contributed by atoms with Gasteiger partial charge in [-0.05, 0) is 80.5 Å². The fourth-order valence-electron chi connectivity index (χ4n) is 7.08. The summed E-state index contributed by atoms with van der Waals surface area (Å²) in [6.45, 7) is 4.92. The maximum absolute atomic E-state index is 12.8. The van der Waals surface area contributed by atoms with Crippen molar-refractivity contribution in [2.75, 3.05) is 0 Å². The first-order valence-corrected chi connectivity index (χ1v) is 9.09. The van der Waals surface area contributed by atoms with E-state index >= 15 is 0 Å². The van der Waals surface area contributed by atoms with Gasteiger partial charge in [0, 0.05) is 11.8 Å². The summed E-state index contributed by atoms with van der Waals surface area (Å²) in [5.41, 5.74) is 0.688. The summed E-state index contributed by atoms with van der Waals surface area (Å²) in [6.07, 6.45) is 13.2. The van der Waals surface area contributed by atoms with Crippen molar-refractivity contribution in [1.29, 1.82) is 0 Å². The molecule has 0 N–H and O–H groups in total. The molecule has 0 bridgehead atoms. The molecule has 112 valence electrons. The first kappa shape index (κ1) is 13.3. The van der Waals surface area contributed by atoms with Crippen LogP contribution in [0.25, 0.3) is 0 Å². The highest BCUT2D eigenvalue weighted by atomic mass is 16.1. The lowest BCUT2D eigenvalue weighted by molar-refractivity contribution is -0.154. The summed E-state index contributed by atoms with van der Waals surface area (Å²) >= 11 is 0. The highest BCUT2D eigenvalue weighted by molar-refractivity contribution is 5.86. The SMILES string of the molecule is C[C@@]12CCC[C@H]1[C@@H]1CC[C@@H]3CCCC(=O)[C@]3(C)[C@H]1CC2. The molecule has 1 nitrogen and oxygen atoms in total. The zero-order valence-electron chi connectivity index (χ0n) is 13.3. The maximum atomic E-state index is 12.8. The van der Waals surface area contributed by atoms with Gasteiger partial charge in [0.15, 0.2) is 0 Å². The predicted octanol–water partition coefficient (Wildman–Crippen LogP) is 4.99. The quantitative estimate of drug-likeness (QED) is 0.608. The van der Waals surface area contributed by atoms with Gasteiger partial charge < -0.3 is 0 Å². The Hall–Kier alpha value is -0.330. The van der Waals surface area contributed by atoms with Gasteiger partial charge in [-0.1, -0.05) is 20.3 Å². The average molecular weight is 274 g/mol. The van der Waals surface area contributed by atoms with E-state index in [1.165, 1.54) is 51.4 Å². The lowest BCUT2D eigenvalue weighted by atomic mass is 9.45. The van der Waals surface area contributed by atoms with Gasteiger partial charge in [-0.25, -0.2) is 0 Å². The normalized spacial score (nSPS) is 55.0. The molecular weight excluding hydrogens is 244 g/mol. The van der Waals surface area contributed by atoms with Gasteiger partial charge in [-0.3, -0.25) is 4.79 Å². The van der Waals surface area contributed by atoms with Gasteiger partial charge >= 0.3 is 0 Å². The number of hydrogen-bond acceptors (Lipinski definition) is 1. The van der Waals surface area contributed by atoms with Crippen molar-refractivity contribution in [2.24, 2.45) is 34.5 Å². The topological polar surface area (TPSA) is 17.1 Å². The molecule has 0 aliphatic heterocycles. The summed E-state index contributed by atoms with van der Waals surface area (Å²) in [7, 11) is 0. The molecule has 4 aliphatic rings. The van der Waals surface area contributed by atoms with Gasteiger partial charge in [0.25, 0.3) is 0 Å². The number of hydrogen-bond donors (Lipinski definition) is 0. The Morgan fingerprint density at radius 1 is 0.900 bits per heavy atom. The number of ketones is 1. The summed E-state index contributed by atoms with van der Waals surface area (Å²) < 4.78 is 0. The molecule has 0 aromatic carbocycles. The number of rotatable bonds is 0. The highest BCUT2D eigenvalue weighted by Gasteiger charge is 2.59. The van der Waals surface area contributed by atoms with E-state index in [0.717, 1.165) is 36.5 Å². The summed E-state index contributed by atoms with van der Waals surface area (Å²) in [5.74, 6) is 3.89. The van der Waals surface area contributed by atoms with Crippen molar-refractivity contribution in [2.45, 2.75) is 78.1 Å². The monoisotopic (exact) mass is 274 g/mol. The number of fused-ring (bicyclic) bond motifs is 5. The summed E-state index contributed by atoms with van der Waals surface area (Å²) in [5, 5.41) is 0. The van der Waals surface area contributed by atoms with Gasteiger partial charge in [0.05, 0.1) is 0 Å². The van der Waals surface area contributed by atoms with Crippen LogP contribution in [0, 0.1) is 34.5 Å². The van der Waals surface area contributed by atoms with Crippen LogP contribution in [0.15, 0.2) is 0 Å². The van der Waals surface area contributed by atoms with Crippen molar-refractivity contribution in [1.82, 2.24) is 0 Å². The van der Waals surface area contributed by atoms with Gasteiger partial charge in [0.2, 0.25) is 0 Å². The fraction of sp³-hybridized carbons (Fsp3) is 0.947. The molecule has 4 fully saturated rings. The Morgan fingerprint density at radius 2 is 1.75 bits per heavy atom. The molecule has 0 aromatic rings. The second kappa shape index (κ2) is 4.34. The third-order valence-corrected chi connectivity index (χ3v) is 8.24. The minimum atomic E-state index is 0.0606. The Kier molecular flexibility index (Phi) is 2.89. The van der Waals surface area contributed by atoms with E-state index in [-0.39, 0.29) is 5.41 Å². The van der Waals surface area contributed by atoms with Crippen LogP contribution in [0.5, 0.6) is 0 Å². The lowest BCUT2D eigenvalue weighted by Gasteiger charge is -2.58. The van der Waals surface area contributed by atoms with Crippen molar-refractivity contribution in [3.05, 3.63) is 0 Å². The zero-order chi connectivity index (χ0) is 14.0. The summed E-state index contributed by atoms with van der Waals surface area (Å²) in [6, 6.07) is 0. The second-order valence-electron chi connectivity index (χ2n) is 8.83. The molecule has 1 heteroatoms. The van der Waals surface area contributed by atoms with E-state index < -0.39 is 0 Å². The Balaban J connectivity index is 1.69. The van der Waals surface area contributed by atoms with Crippen LogP contribution in [0.4, 0.5) is 0 Å². The molecule has 0 radical (unpaired) electrons. The highest BCUT2D eigenvalue weighted by Crippen LogP contribution is 2.65. The van der Waals surface area contributed by atoms with Crippen molar-refractivity contribution in [3.63, 3.8) is 0 Å². The Morgan fingerprint density at radius 3 is 2.60 bits per heavy atom. The number of carbonyl (C=O) groups is 1. The molecule has 4 rings (SSSR count). The zero-order valence-corrected chi connectivity index (χ0v) is 13.3. The molecule has 6 atom stereocenters. The third-order valence-electron chi connectivity index (χ3n) is 8.24. The van der Waals surface area contributed by atoms with Crippen LogP contribution >= 0.6 is 0 Å². The smallest absolute Gasteiger partial charge is 0.139 e. The van der Waals surface area contributed by atoms with Gasteiger partial charge in [-0.15, -0.1) is 0 Å². The van der Waals surface area contributed by atoms with Crippen LogP contribution in [-0.4, -0.2) is 5.78 Å². The molecule has 0 amide bonds. The minimum absolute atomic E-state index is 0.0606. The molecule has 4 aliphatic carbocycles. The van der Waals surface area contributed by atoms with Crippen molar-refractivity contribution >= 4 is 5.78 Å². The maximum Gasteiger partial charge on any atom is 0.139 e. The van der Waals surface area contributed by atoms with E-state index in [1.54, 1.807) is 0 Å². The van der Waals surface area contributed by atoms with Gasteiger partial charge in [0.1, 0.15) is 5.78 Å². The fourth-order valence-corrected chi connectivity index (χ4v) is 7.08. The van der Waals surface area contributed by atoms with E-state index in [2.05, 4.69) is 13.8 Å². The summed E-state index contributed by atoms with van der Waals surface area (Å²) in [4.78, 5) is 12.8. The molecule has 0 spiro atoms. The Bertz CT molecular complexity index is 427. The third kappa shape index (κ3) is 1.58. The number of Topliss-reactive ketones (excluding diaryl/α,β-unsaturated/α-hetero) is 1. The predicted molar refractivity (Wildman–Crippen MR) is 81.4 cm³/mol. The minimum Gasteiger partial charge on any atom is -0.299 e. The average Bonchev–Trinajstić information content (AvgIpc) is 2.82. The number of carbonyl (C=O) groups excluding carboxylic acids is 1. The lowest BCUT2D eigenvalue weighted by Crippen LogP contribution is -2.55. The van der Waals surface area contributed by atoms with E-state index in [4.69, 9.17) is 0 Å². The standard InChI is InChI=1S/C19H30O/c1-18-11-4-6-15(18)14-9-8-13-5-3-7-17(20)19(13,2)16(14)10-12-18/h13-16H,3-12H2,1-2H3/t13-,14-,15-,16-,18-,19-/m0/s1. The molecule has 20 heavy (non-hydrogen) atoms. The molecule has 0 saturated heterocycles. The Labute approximate surface area is 123 Å².